The number of carbonyl (C=O) groups excluding carboxylic acids is 3. The number of hydrogen-bond acceptors (Lipinski definition) is 6. The normalized spacial score (nSPS) is 11.5. The van der Waals surface area contributed by atoms with E-state index >= 15 is 0 Å². The van der Waals surface area contributed by atoms with Crippen molar-refractivity contribution < 1.29 is 23.9 Å². The average molecular weight is 402 g/mol. The molecule has 0 aromatic heterocycles. The van der Waals surface area contributed by atoms with Crippen LogP contribution in [0, 0.1) is 0 Å². The lowest BCUT2D eigenvalue weighted by Gasteiger charge is -2.16. The molecule has 0 bridgehead atoms. The Morgan fingerprint density at radius 2 is 1.75 bits per heavy atom. The number of amides is 2. The number of nitrogens with two attached hydrogens (primary N) is 1. The highest BCUT2D eigenvalue weighted by molar-refractivity contribution is 8.00. The first-order chi connectivity index (χ1) is 13.5. The molecule has 1 unspecified atom stereocenters. The first-order valence-electron chi connectivity index (χ1n) is 8.55. The van der Waals surface area contributed by atoms with Gasteiger partial charge in [-0.15, -0.1) is 11.8 Å². The van der Waals surface area contributed by atoms with Crippen LogP contribution in [0.2, 0.25) is 0 Å². The van der Waals surface area contributed by atoms with Gasteiger partial charge in [0.25, 0.3) is 5.91 Å². The third-order valence-corrected chi connectivity index (χ3v) is 4.75. The van der Waals surface area contributed by atoms with Gasteiger partial charge in [0.15, 0.2) is 0 Å². The number of primary amides is 1. The van der Waals surface area contributed by atoms with Gasteiger partial charge in [0.05, 0.1) is 17.9 Å². The van der Waals surface area contributed by atoms with Gasteiger partial charge in [-0.2, -0.15) is 0 Å². The van der Waals surface area contributed by atoms with E-state index in [0.717, 1.165) is 0 Å². The molecule has 0 spiro atoms. The maximum atomic E-state index is 12.6. The summed E-state index contributed by atoms with van der Waals surface area (Å²) >= 11 is 1.20. The molecule has 8 heteroatoms. The van der Waals surface area contributed by atoms with Crippen LogP contribution < -0.4 is 11.1 Å². The average Bonchev–Trinajstić information content (AvgIpc) is 2.71. The number of ether oxygens (including phenoxy) is 2. The van der Waals surface area contributed by atoms with E-state index in [-0.39, 0.29) is 17.2 Å². The van der Waals surface area contributed by atoms with Gasteiger partial charge in [0.2, 0.25) is 12.0 Å². The Hall–Kier alpha value is -2.84. The van der Waals surface area contributed by atoms with Crippen LogP contribution in [0.4, 0.5) is 0 Å². The fourth-order valence-corrected chi connectivity index (χ4v) is 3.21. The van der Waals surface area contributed by atoms with E-state index in [9.17, 15) is 14.4 Å². The van der Waals surface area contributed by atoms with Crippen LogP contribution >= 0.6 is 11.8 Å². The van der Waals surface area contributed by atoms with Crippen LogP contribution in [0.25, 0.3) is 0 Å². The van der Waals surface area contributed by atoms with Gasteiger partial charge in [-0.3, -0.25) is 9.59 Å². The molecule has 1 atom stereocenters. The van der Waals surface area contributed by atoms with Crippen molar-refractivity contribution in [2.24, 2.45) is 5.73 Å². The minimum absolute atomic E-state index is 0.131. The van der Waals surface area contributed by atoms with Gasteiger partial charge in [0, 0.05) is 24.1 Å². The number of hydrogen-bond donors (Lipinski definition) is 2. The SMILES string of the molecule is COCCNC(=O)CSc1ccccc1C(=O)OC(C(N)=O)c1ccccc1. The maximum Gasteiger partial charge on any atom is 0.340 e. The number of methoxy groups -OCH3 is 1. The van der Waals surface area contributed by atoms with E-state index in [0.29, 0.717) is 23.6 Å². The topological polar surface area (TPSA) is 108 Å². The molecule has 0 aliphatic rings. The van der Waals surface area contributed by atoms with Crippen LogP contribution in [0.3, 0.4) is 0 Å². The summed E-state index contributed by atoms with van der Waals surface area (Å²) in [5, 5.41) is 2.71. The highest BCUT2D eigenvalue weighted by Crippen LogP contribution is 2.26. The Labute approximate surface area is 167 Å². The van der Waals surface area contributed by atoms with E-state index in [2.05, 4.69) is 5.32 Å². The molecule has 0 radical (unpaired) electrons. The number of carbonyl (C=O) groups is 3. The molecule has 0 aliphatic carbocycles. The summed E-state index contributed by atoms with van der Waals surface area (Å²) in [4.78, 5) is 36.9. The molecular formula is C20H22N2O5S. The molecule has 0 fully saturated rings. The van der Waals surface area contributed by atoms with E-state index in [1.165, 1.54) is 11.8 Å². The predicted octanol–water partition coefficient (Wildman–Crippen LogP) is 1.92. The molecule has 0 aliphatic heterocycles. The number of thioether (sulfide) groups is 1. The molecule has 28 heavy (non-hydrogen) atoms. The van der Waals surface area contributed by atoms with Crippen LogP contribution in [0.1, 0.15) is 22.0 Å². The van der Waals surface area contributed by atoms with Crippen LogP contribution in [-0.4, -0.2) is 43.8 Å². The zero-order valence-electron chi connectivity index (χ0n) is 15.4. The number of benzene rings is 2. The molecule has 148 valence electrons. The Morgan fingerprint density at radius 3 is 2.43 bits per heavy atom. The largest absolute Gasteiger partial charge is 0.444 e. The summed E-state index contributed by atoms with van der Waals surface area (Å²) in [6.07, 6.45) is -1.19. The molecule has 0 heterocycles. The quantitative estimate of drug-likeness (QED) is 0.357. The van der Waals surface area contributed by atoms with Crippen molar-refractivity contribution in [3.05, 3.63) is 65.7 Å². The lowest BCUT2D eigenvalue weighted by atomic mass is 10.1. The zero-order chi connectivity index (χ0) is 20.4. The second-order valence-corrected chi connectivity index (χ2v) is 6.74. The standard InChI is InChI=1S/C20H22N2O5S/c1-26-12-11-22-17(23)13-28-16-10-6-5-9-15(16)20(25)27-18(19(21)24)14-7-3-2-4-8-14/h2-10,18H,11-13H2,1H3,(H2,21,24)(H,22,23). The van der Waals surface area contributed by atoms with Gasteiger partial charge < -0.3 is 20.5 Å². The van der Waals surface area contributed by atoms with Crippen LogP contribution in [0.5, 0.6) is 0 Å². The van der Waals surface area contributed by atoms with E-state index in [4.69, 9.17) is 15.2 Å². The van der Waals surface area contributed by atoms with Crippen molar-refractivity contribution >= 4 is 29.5 Å². The van der Waals surface area contributed by atoms with Gasteiger partial charge in [-0.05, 0) is 12.1 Å². The first kappa shape index (κ1) is 21.5. The van der Waals surface area contributed by atoms with Crippen LogP contribution in [0.15, 0.2) is 59.5 Å². The summed E-state index contributed by atoms with van der Waals surface area (Å²) in [7, 11) is 1.55. The van der Waals surface area contributed by atoms with Crippen molar-refractivity contribution in [2.45, 2.75) is 11.0 Å². The molecule has 7 nitrogen and oxygen atoms in total. The molecule has 0 saturated heterocycles. The number of esters is 1. The van der Waals surface area contributed by atoms with Gasteiger partial charge in [0.1, 0.15) is 0 Å². The summed E-state index contributed by atoms with van der Waals surface area (Å²) in [5.41, 5.74) is 6.16. The predicted molar refractivity (Wildman–Crippen MR) is 106 cm³/mol. The minimum Gasteiger partial charge on any atom is -0.444 e. The van der Waals surface area contributed by atoms with Crippen molar-refractivity contribution in [3.63, 3.8) is 0 Å². The van der Waals surface area contributed by atoms with Gasteiger partial charge in [-0.1, -0.05) is 42.5 Å². The second-order valence-electron chi connectivity index (χ2n) is 5.73. The Bertz CT molecular complexity index is 813. The third kappa shape index (κ3) is 6.40. The van der Waals surface area contributed by atoms with Crippen molar-refractivity contribution in [1.82, 2.24) is 5.32 Å². The smallest absolute Gasteiger partial charge is 0.340 e. The summed E-state index contributed by atoms with van der Waals surface area (Å²) in [5.74, 6) is -1.49. The number of nitrogens with one attached hydrogen (secondary N) is 1. The highest BCUT2D eigenvalue weighted by Gasteiger charge is 2.24. The lowest BCUT2D eigenvalue weighted by Crippen LogP contribution is -2.28. The summed E-state index contributed by atoms with van der Waals surface area (Å²) < 4.78 is 10.2. The van der Waals surface area contributed by atoms with E-state index < -0.39 is 18.0 Å². The second kappa shape index (κ2) is 11.1. The highest BCUT2D eigenvalue weighted by atomic mass is 32.2. The zero-order valence-corrected chi connectivity index (χ0v) is 16.2. The maximum absolute atomic E-state index is 12.6. The first-order valence-corrected chi connectivity index (χ1v) is 9.54. The Kier molecular flexibility index (Phi) is 8.51. The van der Waals surface area contributed by atoms with Crippen molar-refractivity contribution in [1.29, 1.82) is 0 Å². The Balaban J connectivity index is 2.07. The molecular weight excluding hydrogens is 380 g/mol. The van der Waals surface area contributed by atoms with Crippen molar-refractivity contribution in [2.75, 3.05) is 26.0 Å². The number of rotatable bonds is 10. The minimum atomic E-state index is -1.19. The van der Waals surface area contributed by atoms with Crippen LogP contribution in [-0.2, 0) is 19.1 Å². The van der Waals surface area contributed by atoms with Crippen molar-refractivity contribution in [3.8, 4) is 0 Å². The molecule has 2 rings (SSSR count). The Morgan fingerprint density at radius 1 is 1.07 bits per heavy atom. The molecule has 2 aromatic rings. The lowest BCUT2D eigenvalue weighted by molar-refractivity contribution is -0.127. The third-order valence-electron chi connectivity index (χ3n) is 3.68. The van der Waals surface area contributed by atoms with E-state index in [1.54, 1.807) is 61.7 Å². The van der Waals surface area contributed by atoms with E-state index in [1.807, 2.05) is 0 Å². The fraction of sp³-hybridized carbons (Fsp3) is 0.250. The molecule has 0 saturated carbocycles. The summed E-state index contributed by atoms with van der Waals surface area (Å²) in [6, 6.07) is 15.3. The molecule has 3 N–H and O–H groups in total. The molecule has 2 amide bonds. The van der Waals surface area contributed by atoms with Gasteiger partial charge >= 0.3 is 5.97 Å². The fourth-order valence-electron chi connectivity index (χ4n) is 2.34. The van der Waals surface area contributed by atoms with Gasteiger partial charge in [-0.25, -0.2) is 4.79 Å². The molecule has 2 aromatic carbocycles. The summed E-state index contributed by atoms with van der Waals surface area (Å²) in [6.45, 7) is 0.838. The monoisotopic (exact) mass is 402 g/mol.